The van der Waals surface area contributed by atoms with Gasteiger partial charge in [-0.2, -0.15) is 0 Å². The van der Waals surface area contributed by atoms with Crippen LogP contribution in [0.1, 0.15) is 65.7 Å². The van der Waals surface area contributed by atoms with E-state index in [0.29, 0.717) is 0 Å². The maximum atomic E-state index is 2.52. The van der Waals surface area contributed by atoms with Crippen LogP contribution in [-0.2, 0) is 0 Å². The van der Waals surface area contributed by atoms with Crippen molar-refractivity contribution in [2.75, 3.05) is 0 Å². The van der Waals surface area contributed by atoms with E-state index in [4.69, 9.17) is 0 Å². The van der Waals surface area contributed by atoms with Crippen LogP contribution < -0.4 is 0 Å². The molecule has 0 aromatic heterocycles. The average Bonchev–Trinajstić information content (AvgIpc) is 2.25. The summed E-state index contributed by atoms with van der Waals surface area (Å²) in [5.41, 5.74) is 0. The van der Waals surface area contributed by atoms with Gasteiger partial charge < -0.3 is 0 Å². The molecule has 2 aliphatic carbocycles. The first kappa shape index (κ1) is 11.5. The van der Waals surface area contributed by atoms with E-state index in [1.807, 2.05) is 0 Å². The van der Waals surface area contributed by atoms with Gasteiger partial charge >= 0.3 is 0 Å². The first-order valence-electron chi connectivity index (χ1n) is 7.24. The zero-order valence-corrected chi connectivity index (χ0v) is 10.8. The third kappa shape index (κ3) is 2.24. The van der Waals surface area contributed by atoms with E-state index in [2.05, 4.69) is 20.8 Å². The second-order valence-corrected chi connectivity index (χ2v) is 6.22. The minimum absolute atomic E-state index is 0.990. The van der Waals surface area contributed by atoms with Crippen molar-refractivity contribution in [1.29, 1.82) is 0 Å². The maximum Gasteiger partial charge on any atom is -0.0355 e. The predicted octanol–water partition coefficient (Wildman–Crippen LogP) is 4.89. The van der Waals surface area contributed by atoms with Gasteiger partial charge in [0.15, 0.2) is 0 Å². The number of rotatable bonds is 3. The van der Waals surface area contributed by atoms with E-state index in [1.54, 1.807) is 12.8 Å². The lowest BCUT2D eigenvalue weighted by Gasteiger charge is -2.44. The fraction of sp³-hybridized carbons (Fsp3) is 1.00. The Balaban J connectivity index is 1.96. The lowest BCUT2D eigenvalue weighted by Crippen LogP contribution is -2.36. The van der Waals surface area contributed by atoms with E-state index in [9.17, 15) is 0 Å². The molecule has 0 spiro atoms. The molecule has 0 aromatic carbocycles. The summed E-state index contributed by atoms with van der Waals surface area (Å²) in [5.74, 6) is 5.32. The molecule has 0 nitrogen and oxygen atoms in total. The molecule has 0 heterocycles. The lowest BCUT2D eigenvalue weighted by atomic mass is 9.61. The molecule has 2 fully saturated rings. The second kappa shape index (κ2) is 4.89. The fourth-order valence-corrected chi connectivity index (χ4v) is 3.99. The van der Waals surface area contributed by atoms with Crippen molar-refractivity contribution in [1.82, 2.24) is 0 Å². The van der Waals surface area contributed by atoms with Gasteiger partial charge in [-0.05, 0) is 48.9 Å². The van der Waals surface area contributed by atoms with Gasteiger partial charge in [0.25, 0.3) is 0 Å². The van der Waals surface area contributed by atoms with Gasteiger partial charge in [0, 0.05) is 0 Å². The van der Waals surface area contributed by atoms with Crippen LogP contribution in [0.25, 0.3) is 0 Å². The van der Waals surface area contributed by atoms with Crippen LogP contribution in [0.3, 0.4) is 0 Å². The summed E-state index contributed by atoms with van der Waals surface area (Å²) in [4.78, 5) is 0. The largest absolute Gasteiger partial charge is 0.0654 e. The normalized spacial score (nSPS) is 45.4. The summed E-state index contributed by atoms with van der Waals surface area (Å²) in [6.45, 7) is 7.34. The standard InChI is InChI=1S/C15H28/c1-4-5-6-13-8-7-11(2)12(3)14-9-10-15(13)14/h11-15H,4-10H2,1-3H3. The molecule has 88 valence electrons. The van der Waals surface area contributed by atoms with Crippen molar-refractivity contribution >= 4 is 0 Å². The van der Waals surface area contributed by atoms with Gasteiger partial charge in [-0.25, -0.2) is 0 Å². The molecule has 2 saturated carbocycles. The average molecular weight is 208 g/mol. The Morgan fingerprint density at radius 2 is 1.67 bits per heavy atom. The van der Waals surface area contributed by atoms with Crippen LogP contribution in [0, 0.1) is 29.6 Å². The van der Waals surface area contributed by atoms with Crippen LogP contribution in [-0.4, -0.2) is 0 Å². The molecule has 0 bridgehead atoms. The second-order valence-electron chi connectivity index (χ2n) is 6.22. The minimum atomic E-state index is 0.990. The number of hydrogen-bond acceptors (Lipinski definition) is 0. The SMILES string of the molecule is CCCCC1CCC(C)C(C)C2CCC12. The van der Waals surface area contributed by atoms with Crippen LogP contribution >= 0.6 is 0 Å². The minimum Gasteiger partial charge on any atom is -0.0654 e. The van der Waals surface area contributed by atoms with E-state index in [0.717, 1.165) is 29.6 Å². The highest BCUT2D eigenvalue weighted by Crippen LogP contribution is 2.52. The summed E-state index contributed by atoms with van der Waals surface area (Å²) in [7, 11) is 0. The van der Waals surface area contributed by atoms with E-state index in [1.165, 1.54) is 32.1 Å². The summed E-state index contributed by atoms with van der Waals surface area (Å²) in [6, 6.07) is 0. The Hall–Kier alpha value is 0. The van der Waals surface area contributed by atoms with Crippen LogP contribution in [0.5, 0.6) is 0 Å². The van der Waals surface area contributed by atoms with E-state index in [-0.39, 0.29) is 0 Å². The topological polar surface area (TPSA) is 0 Å². The molecule has 5 atom stereocenters. The van der Waals surface area contributed by atoms with Gasteiger partial charge in [-0.3, -0.25) is 0 Å². The zero-order chi connectivity index (χ0) is 10.8. The first-order chi connectivity index (χ1) is 7.24. The number of fused-ring (bicyclic) bond motifs is 1. The smallest absolute Gasteiger partial charge is 0.0355 e. The molecular weight excluding hydrogens is 180 g/mol. The highest BCUT2D eigenvalue weighted by atomic mass is 14.5. The van der Waals surface area contributed by atoms with Crippen molar-refractivity contribution in [2.24, 2.45) is 29.6 Å². The molecule has 0 radical (unpaired) electrons. The highest BCUT2D eigenvalue weighted by Gasteiger charge is 2.42. The predicted molar refractivity (Wildman–Crippen MR) is 66.8 cm³/mol. The lowest BCUT2D eigenvalue weighted by molar-refractivity contribution is 0.0561. The summed E-state index contributed by atoms with van der Waals surface area (Å²) in [5, 5.41) is 0. The van der Waals surface area contributed by atoms with Crippen molar-refractivity contribution in [2.45, 2.75) is 65.7 Å². The molecule has 0 saturated heterocycles. The molecule has 0 aromatic rings. The van der Waals surface area contributed by atoms with Crippen molar-refractivity contribution < 1.29 is 0 Å². The summed E-state index contributed by atoms with van der Waals surface area (Å²) in [6.07, 6.45) is 10.5. The molecule has 0 amide bonds. The molecule has 0 aliphatic heterocycles. The summed E-state index contributed by atoms with van der Waals surface area (Å²) >= 11 is 0. The molecule has 5 unspecified atom stereocenters. The van der Waals surface area contributed by atoms with Gasteiger partial charge in [-0.15, -0.1) is 0 Å². The van der Waals surface area contributed by atoms with Crippen LogP contribution in [0.4, 0.5) is 0 Å². The van der Waals surface area contributed by atoms with E-state index < -0.39 is 0 Å². The Bertz CT molecular complexity index is 196. The highest BCUT2D eigenvalue weighted by molar-refractivity contribution is 4.92. The van der Waals surface area contributed by atoms with Crippen molar-refractivity contribution in [3.8, 4) is 0 Å². The van der Waals surface area contributed by atoms with Crippen LogP contribution in [0.2, 0.25) is 0 Å². The third-order valence-corrected chi connectivity index (χ3v) is 5.48. The summed E-state index contributed by atoms with van der Waals surface area (Å²) < 4.78 is 0. The molecule has 2 aliphatic rings. The maximum absolute atomic E-state index is 2.52. The first-order valence-corrected chi connectivity index (χ1v) is 7.24. The van der Waals surface area contributed by atoms with Gasteiger partial charge in [0.05, 0.1) is 0 Å². The van der Waals surface area contributed by atoms with Crippen LogP contribution in [0.15, 0.2) is 0 Å². The quantitative estimate of drug-likeness (QED) is 0.620. The fourth-order valence-electron chi connectivity index (χ4n) is 3.99. The molecule has 0 heteroatoms. The monoisotopic (exact) mass is 208 g/mol. The molecule has 15 heavy (non-hydrogen) atoms. The van der Waals surface area contributed by atoms with Gasteiger partial charge in [0.1, 0.15) is 0 Å². The molecule has 2 rings (SSSR count). The van der Waals surface area contributed by atoms with Gasteiger partial charge in [0.2, 0.25) is 0 Å². The Morgan fingerprint density at radius 3 is 2.27 bits per heavy atom. The molecule has 0 N–H and O–H groups in total. The Labute approximate surface area is 95.8 Å². The number of hydrogen-bond donors (Lipinski definition) is 0. The Kier molecular flexibility index (Phi) is 3.74. The molecular formula is C15H28. The van der Waals surface area contributed by atoms with Crippen molar-refractivity contribution in [3.05, 3.63) is 0 Å². The number of unbranched alkanes of at least 4 members (excludes halogenated alkanes) is 1. The zero-order valence-electron chi connectivity index (χ0n) is 10.8. The van der Waals surface area contributed by atoms with Gasteiger partial charge in [-0.1, -0.05) is 46.5 Å². The Morgan fingerprint density at radius 1 is 0.933 bits per heavy atom. The van der Waals surface area contributed by atoms with Crippen molar-refractivity contribution in [3.63, 3.8) is 0 Å². The third-order valence-electron chi connectivity index (χ3n) is 5.48. The van der Waals surface area contributed by atoms with E-state index >= 15 is 0 Å².